The van der Waals surface area contributed by atoms with Crippen molar-refractivity contribution in [3.8, 4) is 0 Å². The highest BCUT2D eigenvalue weighted by Gasteiger charge is 2.09. The average molecular weight is 343 g/mol. The number of hydrogen-bond donors (Lipinski definition) is 2. The monoisotopic (exact) mass is 343 g/mol. The molecule has 0 spiro atoms. The minimum Gasteiger partial charge on any atom is -0.353 e. The van der Waals surface area contributed by atoms with Crippen LogP contribution < -0.4 is 5.32 Å². The predicted octanol–water partition coefficient (Wildman–Crippen LogP) is 4.90. The SMILES string of the molecule is Cc1ccc(C)c(NC(=O)CCc2cc3c(cn2)[nH]c2ccccc23)c1. The fraction of sp³-hybridized carbons (Fsp3) is 0.182. The number of rotatable bonds is 4. The number of fused-ring (bicyclic) bond motifs is 3. The fourth-order valence-electron chi connectivity index (χ4n) is 3.25. The summed E-state index contributed by atoms with van der Waals surface area (Å²) in [4.78, 5) is 20.2. The number of anilines is 1. The van der Waals surface area contributed by atoms with E-state index >= 15 is 0 Å². The van der Waals surface area contributed by atoms with Crippen LogP contribution in [0.15, 0.2) is 54.7 Å². The number of aryl methyl sites for hydroxylation is 3. The van der Waals surface area contributed by atoms with E-state index in [1.54, 1.807) is 0 Å². The van der Waals surface area contributed by atoms with Crippen LogP contribution in [-0.4, -0.2) is 15.9 Å². The number of aromatic amines is 1. The van der Waals surface area contributed by atoms with Gasteiger partial charge in [0.15, 0.2) is 0 Å². The third kappa shape index (κ3) is 3.18. The van der Waals surface area contributed by atoms with Crippen molar-refractivity contribution in [3.63, 3.8) is 0 Å². The lowest BCUT2D eigenvalue weighted by Gasteiger charge is -2.09. The largest absolute Gasteiger partial charge is 0.353 e. The van der Waals surface area contributed by atoms with Crippen molar-refractivity contribution in [1.82, 2.24) is 9.97 Å². The van der Waals surface area contributed by atoms with Crippen LogP contribution in [0.25, 0.3) is 21.8 Å². The molecular weight excluding hydrogens is 322 g/mol. The van der Waals surface area contributed by atoms with Gasteiger partial charge in [-0.15, -0.1) is 0 Å². The summed E-state index contributed by atoms with van der Waals surface area (Å²) in [6, 6.07) is 16.4. The van der Waals surface area contributed by atoms with Gasteiger partial charge in [0.1, 0.15) is 0 Å². The second kappa shape index (κ2) is 6.64. The van der Waals surface area contributed by atoms with E-state index in [0.29, 0.717) is 12.8 Å². The number of pyridine rings is 1. The lowest BCUT2D eigenvalue weighted by molar-refractivity contribution is -0.116. The molecule has 0 aliphatic carbocycles. The number of carbonyl (C=O) groups excluding carboxylic acids is 1. The number of aromatic nitrogens is 2. The molecule has 0 aliphatic rings. The molecule has 0 atom stereocenters. The number of benzene rings is 2. The summed E-state index contributed by atoms with van der Waals surface area (Å²) >= 11 is 0. The van der Waals surface area contributed by atoms with Crippen LogP contribution in [0.5, 0.6) is 0 Å². The number of nitrogens with one attached hydrogen (secondary N) is 2. The van der Waals surface area contributed by atoms with Crippen LogP contribution in [0.4, 0.5) is 5.69 Å². The van der Waals surface area contributed by atoms with Gasteiger partial charge in [0.05, 0.1) is 11.7 Å². The van der Waals surface area contributed by atoms with Crippen LogP contribution in [0, 0.1) is 13.8 Å². The summed E-state index contributed by atoms with van der Waals surface area (Å²) in [5.74, 6) is 0.0134. The summed E-state index contributed by atoms with van der Waals surface area (Å²) in [5.41, 5.74) is 6.15. The molecule has 2 heterocycles. The van der Waals surface area contributed by atoms with E-state index in [4.69, 9.17) is 0 Å². The Bertz CT molecular complexity index is 1110. The lowest BCUT2D eigenvalue weighted by atomic mass is 10.1. The Kier molecular flexibility index (Phi) is 4.17. The van der Waals surface area contributed by atoms with Gasteiger partial charge in [-0.2, -0.15) is 0 Å². The number of amides is 1. The van der Waals surface area contributed by atoms with E-state index in [1.165, 1.54) is 5.39 Å². The van der Waals surface area contributed by atoms with Crippen molar-refractivity contribution in [2.24, 2.45) is 0 Å². The number of H-pyrrole nitrogens is 1. The lowest BCUT2D eigenvalue weighted by Crippen LogP contribution is -2.13. The van der Waals surface area contributed by atoms with E-state index in [9.17, 15) is 4.79 Å². The quantitative estimate of drug-likeness (QED) is 0.553. The molecule has 0 unspecified atom stereocenters. The summed E-state index contributed by atoms with van der Waals surface area (Å²) in [6.07, 6.45) is 2.88. The molecule has 0 saturated heterocycles. The highest BCUT2D eigenvalue weighted by atomic mass is 16.1. The topological polar surface area (TPSA) is 57.8 Å². The molecule has 2 aromatic heterocycles. The van der Waals surface area contributed by atoms with Gasteiger partial charge in [-0.1, -0.05) is 30.3 Å². The molecule has 2 N–H and O–H groups in total. The van der Waals surface area contributed by atoms with Crippen molar-refractivity contribution in [3.05, 3.63) is 71.5 Å². The van der Waals surface area contributed by atoms with Crippen molar-refractivity contribution in [2.45, 2.75) is 26.7 Å². The average Bonchev–Trinajstić information content (AvgIpc) is 3.01. The second-order valence-electron chi connectivity index (χ2n) is 6.76. The zero-order valence-corrected chi connectivity index (χ0v) is 15.0. The second-order valence-corrected chi connectivity index (χ2v) is 6.76. The summed E-state index contributed by atoms with van der Waals surface area (Å²) in [5, 5.41) is 5.35. The van der Waals surface area contributed by atoms with Crippen LogP contribution in [-0.2, 0) is 11.2 Å². The Morgan fingerprint density at radius 3 is 2.77 bits per heavy atom. The maximum atomic E-state index is 12.3. The number of nitrogens with zero attached hydrogens (tertiary/aromatic N) is 1. The first-order chi connectivity index (χ1) is 12.6. The molecule has 0 fully saturated rings. The standard InChI is InChI=1S/C22H21N3O/c1-14-7-8-15(2)20(11-14)25-22(26)10-9-16-12-18-17-5-3-4-6-19(17)24-21(18)13-23-16/h3-8,11-13,24H,9-10H2,1-2H3,(H,25,26). The summed E-state index contributed by atoms with van der Waals surface area (Å²) < 4.78 is 0. The maximum absolute atomic E-state index is 12.3. The molecule has 2 aromatic carbocycles. The molecule has 4 aromatic rings. The van der Waals surface area contributed by atoms with Crippen LogP contribution >= 0.6 is 0 Å². The smallest absolute Gasteiger partial charge is 0.224 e. The third-order valence-electron chi connectivity index (χ3n) is 4.72. The first-order valence-electron chi connectivity index (χ1n) is 8.82. The maximum Gasteiger partial charge on any atom is 0.224 e. The summed E-state index contributed by atoms with van der Waals surface area (Å²) in [6.45, 7) is 4.02. The van der Waals surface area contributed by atoms with Gasteiger partial charge in [-0.3, -0.25) is 9.78 Å². The molecule has 4 heteroatoms. The first-order valence-corrected chi connectivity index (χ1v) is 8.82. The van der Waals surface area contributed by atoms with Gasteiger partial charge in [0.2, 0.25) is 5.91 Å². The van der Waals surface area contributed by atoms with Crippen LogP contribution in [0.1, 0.15) is 23.2 Å². The Morgan fingerprint density at radius 1 is 1.04 bits per heavy atom. The number of hydrogen-bond acceptors (Lipinski definition) is 2. The number of carbonyl (C=O) groups is 1. The predicted molar refractivity (Wildman–Crippen MR) is 106 cm³/mol. The number of para-hydroxylation sites is 1. The van der Waals surface area contributed by atoms with Gasteiger partial charge >= 0.3 is 0 Å². The van der Waals surface area contributed by atoms with E-state index in [-0.39, 0.29) is 5.91 Å². The molecule has 0 aliphatic heterocycles. The highest BCUT2D eigenvalue weighted by Crippen LogP contribution is 2.25. The minimum atomic E-state index is 0.0134. The molecule has 0 saturated carbocycles. The van der Waals surface area contributed by atoms with E-state index in [2.05, 4.69) is 33.5 Å². The highest BCUT2D eigenvalue weighted by molar-refractivity contribution is 6.07. The van der Waals surface area contributed by atoms with Gasteiger partial charge in [0, 0.05) is 34.1 Å². The van der Waals surface area contributed by atoms with Gasteiger partial charge in [-0.05, 0) is 49.6 Å². The van der Waals surface area contributed by atoms with Crippen molar-refractivity contribution in [2.75, 3.05) is 5.32 Å². The zero-order valence-electron chi connectivity index (χ0n) is 15.0. The molecule has 4 nitrogen and oxygen atoms in total. The van der Waals surface area contributed by atoms with Crippen molar-refractivity contribution < 1.29 is 4.79 Å². The molecule has 1 amide bonds. The fourth-order valence-corrected chi connectivity index (χ4v) is 3.25. The Labute approximate surface area is 152 Å². The van der Waals surface area contributed by atoms with E-state index < -0.39 is 0 Å². The minimum absolute atomic E-state index is 0.0134. The van der Waals surface area contributed by atoms with E-state index in [0.717, 1.165) is 38.9 Å². The third-order valence-corrected chi connectivity index (χ3v) is 4.72. The van der Waals surface area contributed by atoms with Gasteiger partial charge in [0.25, 0.3) is 0 Å². The Morgan fingerprint density at radius 2 is 1.88 bits per heavy atom. The van der Waals surface area contributed by atoms with Crippen molar-refractivity contribution in [1.29, 1.82) is 0 Å². The van der Waals surface area contributed by atoms with Crippen LogP contribution in [0.3, 0.4) is 0 Å². The summed E-state index contributed by atoms with van der Waals surface area (Å²) in [7, 11) is 0. The molecule has 26 heavy (non-hydrogen) atoms. The normalized spacial score (nSPS) is 11.2. The molecule has 4 rings (SSSR count). The molecule has 0 bridgehead atoms. The molecule has 0 radical (unpaired) electrons. The van der Waals surface area contributed by atoms with Gasteiger partial charge < -0.3 is 10.3 Å². The van der Waals surface area contributed by atoms with E-state index in [1.807, 2.05) is 50.4 Å². The molecular formula is C22H21N3O. The van der Waals surface area contributed by atoms with Gasteiger partial charge in [-0.25, -0.2) is 0 Å². The Hall–Kier alpha value is -3.14. The van der Waals surface area contributed by atoms with Crippen molar-refractivity contribution >= 4 is 33.4 Å². The first kappa shape index (κ1) is 16.3. The molecule has 130 valence electrons. The van der Waals surface area contributed by atoms with Crippen LogP contribution in [0.2, 0.25) is 0 Å². The zero-order chi connectivity index (χ0) is 18.1. The Balaban J connectivity index is 1.49.